The van der Waals surface area contributed by atoms with Gasteiger partial charge in [-0.25, -0.2) is 19.3 Å². The van der Waals surface area contributed by atoms with Gasteiger partial charge in [-0.3, -0.25) is 14.9 Å². The number of H-pyrrole nitrogens is 1. The Labute approximate surface area is 213 Å². The summed E-state index contributed by atoms with van der Waals surface area (Å²) < 4.78 is 17.5. The van der Waals surface area contributed by atoms with E-state index in [2.05, 4.69) is 30.5 Å². The second-order valence-electron chi connectivity index (χ2n) is 8.63. The molecule has 1 unspecified atom stereocenters. The van der Waals surface area contributed by atoms with Gasteiger partial charge in [0.05, 0.1) is 20.9 Å². The quantitative estimate of drug-likeness (QED) is 0.334. The van der Waals surface area contributed by atoms with Crippen LogP contribution in [0.2, 0.25) is 4.34 Å². The lowest BCUT2D eigenvalue weighted by molar-refractivity contribution is 0.0925. The zero-order valence-corrected chi connectivity index (χ0v) is 20.4. The average Bonchev–Trinajstić information content (AvgIpc) is 3.64. The largest absolute Gasteiger partial charge is 0.349 e. The van der Waals surface area contributed by atoms with Crippen LogP contribution in [-0.2, 0) is 0 Å². The van der Waals surface area contributed by atoms with Gasteiger partial charge in [-0.05, 0) is 56.0 Å². The molecule has 2 N–H and O–H groups in total. The number of carbonyl (C=O) groups is 1. The van der Waals surface area contributed by atoms with Crippen molar-refractivity contribution >= 4 is 39.9 Å². The lowest BCUT2D eigenvalue weighted by Gasteiger charge is -2.32. The molecule has 1 aliphatic rings. The number of rotatable bonds is 5. The van der Waals surface area contributed by atoms with E-state index in [1.54, 1.807) is 30.6 Å². The van der Waals surface area contributed by atoms with Crippen LogP contribution in [0.4, 0.5) is 4.39 Å². The highest BCUT2D eigenvalue weighted by atomic mass is 35.5. The molecule has 12 heteroatoms. The summed E-state index contributed by atoms with van der Waals surface area (Å²) in [7, 11) is 0. The molecule has 182 valence electrons. The van der Waals surface area contributed by atoms with Gasteiger partial charge in [-0.2, -0.15) is 5.10 Å². The first-order valence-corrected chi connectivity index (χ1v) is 12.7. The number of hydrogen-bond acceptors (Lipinski definition) is 7. The molecule has 0 aromatic carbocycles. The molecule has 0 bridgehead atoms. The molecule has 1 fully saturated rings. The van der Waals surface area contributed by atoms with Gasteiger partial charge in [0, 0.05) is 18.3 Å². The van der Waals surface area contributed by atoms with Crippen molar-refractivity contribution in [3.05, 3.63) is 64.1 Å². The van der Waals surface area contributed by atoms with Crippen molar-refractivity contribution in [2.45, 2.75) is 37.8 Å². The Hall–Kier alpha value is -3.70. The molecular formula is C24H20ClFN8OS. The monoisotopic (exact) mass is 522 g/mol. The van der Waals surface area contributed by atoms with E-state index in [-0.39, 0.29) is 23.7 Å². The number of halogens is 2. The number of carbonyl (C=O) groups excluding carboxylic acids is 1. The van der Waals surface area contributed by atoms with E-state index < -0.39 is 5.82 Å². The van der Waals surface area contributed by atoms with Crippen LogP contribution in [0.5, 0.6) is 0 Å². The maximum Gasteiger partial charge on any atom is 0.261 e. The lowest BCUT2D eigenvalue weighted by atomic mass is 9.90. The molecule has 0 aliphatic heterocycles. The Bertz CT molecular complexity index is 1550. The third kappa shape index (κ3) is 4.24. The molecule has 0 saturated heterocycles. The maximum absolute atomic E-state index is 14.9. The molecule has 1 aliphatic carbocycles. The minimum absolute atomic E-state index is 0.0395. The van der Waals surface area contributed by atoms with Crippen LogP contribution < -0.4 is 5.32 Å². The second kappa shape index (κ2) is 9.40. The molecule has 5 aromatic heterocycles. The topological polar surface area (TPSA) is 114 Å². The van der Waals surface area contributed by atoms with E-state index in [1.165, 1.54) is 23.7 Å². The fourth-order valence-corrected chi connectivity index (χ4v) is 5.71. The van der Waals surface area contributed by atoms with Gasteiger partial charge < -0.3 is 9.88 Å². The molecule has 1 saturated carbocycles. The van der Waals surface area contributed by atoms with Crippen LogP contribution in [0.25, 0.3) is 34.1 Å². The number of imidazole rings is 1. The van der Waals surface area contributed by atoms with Crippen molar-refractivity contribution in [2.24, 2.45) is 0 Å². The third-order valence-electron chi connectivity index (χ3n) is 6.35. The van der Waals surface area contributed by atoms with Crippen molar-refractivity contribution in [3.63, 3.8) is 0 Å². The fourth-order valence-electron chi connectivity index (χ4n) is 4.77. The lowest BCUT2D eigenvalue weighted by Crippen LogP contribution is -2.38. The Balaban J connectivity index is 1.40. The summed E-state index contributed by atoms with van der Waals surface area (Å²) in [5.74, 6) is 0.369. The standard InChI is InChI=1S/C24H20ClFN8OS/c25-20-7-6-19(36-20)24(35)31-13-3-1-4-14(9-13)34-18-10-16(22-29-12-30-33-22)28-11-17(18)32-23(34)21-15(26)5-2-8-27-21/h2,5-8,10-14H,1,3-4,9H2,(H,31,35)(H,29,30,33)/t13?,14-/m1/s1. The zero-order chi connectivity index (χ0) is 24.6. The number of aromatic amines is 1. The molecular weight excluding hydrogens is 503 g/mol. The number of aromatic nitrogens is 7. The van der Waals surface area contributed by atoms with Crippen LogP contribution in [0.3, 0.4) is 0 Å². The van der Waals surface area contributed by atoms with Gasteiger partial charge in [-0.15, -0.1) is 11.3 Å². The first-order chi connectivity index (χ1) is 17.6. The van der Waals surface area contributed by atoms with E-state index in [0.717, 1.165) is 24.8 Å². The summed E-state index contributed by atoms with van der Waals surface area (Å²) in [5.41, 5.74) is 2.19. The van der Waals surface area contributed by atoms with E-state index in [0.29, 0.717) is 38.5 Å². The Morgan fingerprint density at radius 3 is 2.92 bits per heavy atom. The molecule has 0 spiro atoms. The van der Waals surface area contributed by atoms with Gasteiger partial charge in [0.1, 0.15) is 23.2 Å². The Morgan fingerprint density at radius 1 is 1.22 bits per heavy atom. The van der Waals surface area contributed by atoms with Crippen LogP contribution in [0.1, 0.15) is 41.4 Å². The van der Waals surface area contributed by atoms with Gasteiger partial charge >= 0.3 is 0 Å². The summed E-state index contributed by atoms with van der Waals surface area (Å²) in [6.07, 6.45) is 7.88. The number of pyridine rings is 2. The Kier molecular flexibility index (Phi) is 5.94. The predicted octanol–water partition coefficient (Wildman–Crippen LogP) is 5.05. The van der Waals surface area contributed by atoms with Crippen molar-refractivity contribution < 1.29 is 9.18 Å². The van der Waals surface area contributed by atoms with Crippen molar-refractivity contribution in [2.75, 3.05) is 0 Å². The number of nitrogens with one attached hydrogen (secondary N) is 2. The third-order valence-corrected chi connectivity index (χ3v) is 7.58. The smallest absolute Gasteiger partial charge is 0.261 e. The van der Waals surface area contributed by atoms with Crippen LogP contribution in [0, 0.1) is 5.82 Å². The summed E-state index contributed by atoms with van der Waals surface area (Å²) in [6, 6.07) is 8.17. The normalized spacial score (nSPS) is 17.9. The predicted molar refractivity (Wildman–Crippen MR) is 134 cm³/mol. The molecule has 9 nitrogen and oxygen atoms in total. The SMILES string of the molecule is O=C(NC1CCC[C@@H](n2c(-c3ncccc3F)nc3cnc(-c4ncn[nH]4)cc32)C1)c1ccc(Cl)s1. The second-order valence-corrected chi connectivity index (χ2v) is 10.3. The average molecular weight is 523 g/mol. The first kappa shape index (κ1) is 22.7. The summed E-state index contributed by atoms with van der Waals surface area (Å²) in [4.78, 5) is 31.0. The molecule has 5 heterocycles. The minimum atomic E-state index is -0.451. The van der Waals surface area contributed by atoms with Crippen LogP contribution >= 0.6 is 22.9 Å². The minimum Gasteiger partial charge on any atom is -0.349 e. The number of fused-ring (bicyclic) bond motifs is 1. The summed E-state index contributed by atoms with van der Waals surface area (Å²) >= 11 is 7.26. The van der Waals surface area contributed by atoms with Crippen molar-refractivity contribution in [3.8, 4) is 23.0 Å². The van der Waals surface area contributed by atoms with Crippen LogP contribution in [0.15, 0.2) is 49.1 Å². The highest BCUT2D eigenvalue weighted by molar-refractivity contribution is 7.18. The summed E-state index contributed by atoms with van der Waals surface area (Å²) in [5, 5.41) is 9.89. The maximum atomic E-state index is 14.9. The highest BCUT2D eigenvalue weighted by Gasteiger charge is 2.30. The van der Waals surface area contributed by atoms with Gasteiger partial charge in [0.25, 0.3) is 5.91 Å². The zero-order valence-electron chi connectivity index (χ0n) is 18.9. The number of amides is 1. The first-order valence-electron chi connectivity index (χ1n) is 11.5. The molecule has 0 radical (unpaired) electrons. The number of thiophene rings is 1. The highest BCUT2D eigenvalue weighted by Crippen LogP contribution is 2.37. The van der Waals surface area contributed by atoms with E-state index in [4.69, 9.17) is 16.6 Å². The molecule has 36 heavy (non-hydrogen) atoms. The molecule has 1 amide bonds. The molecule has 5 aromatic rings. The number of hydrogen-bond donors (Lipinski definition) is 2. The van der Waals surface area contributed by atoms with E-state index >= 15 is 0 Å². The van der Waals surface area contributed by atoms with E-state index in [1.807, 2.05) is 10.6 Å². The van der Waals surface area contributed by atoms with Gasteiger partial charge in [-0.1, -0.05) is 11.6 Å². The molecule has 2 atom stereocenters. The van der Waals surface area contributed by atoms with Crippen molar-refractivity contribution in [1.29, 1.82) is 0 Å². The molecule has 6 rings (SSSR count). The Morgan fingerprint density at radius 2 is 2.14 bits per heavy atom. The van der Waals surface area contributed by atoms with Crippen LogP contribution in [-0.4, -0.2) is 46.6 Å². The summed E-state index contributed by atoms with van der Waals surface area (Å²) in [6.45, 7) is 0. The van der Waals surface area contributed by atoms with Crippen molar-refractivity contribution in [1.82, 2.24) is 40.0 Å². The van der Waals surface area contributed by atoms with E-state index in [9.17, 15) is 9.18 Å². The number of nitrogens with zero attached hydrogens (tertiary/aromatic N) is 6. The van der Waals surface area contributed by atoms with Gasteiger partial charge in [0.15, 0.2) is 17.5 Å². The van der Waals surface area contributed by atoms with Gasteiger partial charge in [0.2, 0.25) is 0 Å². The fraction of sp³-hybridized carbons (Fsp3) is 0.250.